The van der Waals surface area contributed by atoms with E-state index >= 15 is 0 Å². The number of carbonyl (C=O) groups is 2. The summed E-state index contributed by atoms with van der Waals surface area (Å²) in [4.78, 5) is 25.3. The molecule has 0 bridgehead atoms. The van der Waals surface area contributed by atoms with Gasteiger partial charge in [-0.05, 0) is 49.9 Å². The van der Waals surface area contributed by atoms with Crippen LogP contribution in [-0.4, -0.2) is 36.7 Å². The third kappa shape index (κ3) is 3.45. The van der Waals surface area contributed by atoms with Crippen LogP contribution in [0.1, 0.15) is 19.8 Å². The molecule has 0 heterocycles. The van der Waals surface area contributed by atoms with Gasteiger partial charge >= 0.3 is 12.0 Å². The zero-order valence-electron chi connectivity index (χ0n) is 12.5. The van der Waals surface area contributed by atoms with Gasteiger partial charge in [-0.3, -0.25) is 0 Å². The second-order valence-corrected chi connectivity index (χ2v) is 5.80. The molecule has 1 saturated carbocycles. The fraction of sp³-hybridized carbons (Fsp3) is 0.467. The first-order valence-electron chi connectivity index (χ1n) is 6.93. The van der Waals surface area contributed by atoms with E-state index in [4.69, 9.17) is 0 Å². The van der Waals surface area contributed by atoms with Crippen molar-refractivity contribution >= 4 is 23.4 Å². The molecule has 0 aromatic heterocycles. The maximum atomic E-state index is 12.0. The van der Waals surface area contributed by atoms with Crippen molar-refractivity contribution in [3.63, 3.8) is 0 Å². The lowest BCUT2D eigenvalue weighted by Gasteiger charge is -2.26. The summed E-state index contributed by atoms with van der Waals surface area (Å²) >= 11 is 0. The number of nitrogens with zero attached hydrogens (tertiary/aromatic N) is 1. The fourth-order valence-electron chi connectivity index (χ4n) is 2.23. The summed E-state index contributed by atoms with van der Waals surface area (Å²) in [6.45, 7) is 1.56. The zero-order chi connectivity index (χ0) is 15.6. The molecule has 1 aromatic rings. The van der Waals surface area contributed by atoms with E-state index in [0.717, 1.165) is 18.5 Å². The standard InChI is InChI=1S/C15H21N3O3/c1-15(13(19)20,10-4-5-10)17-14(21)16-11-6-8-12(9-7-11)18(2)3/h6-10H,4-5H2,1-3H3,(H,19,20)(H2,16,17,21). The van der Waals surface area contributed by atoms with E-state index in [9.17, 15) is 14.7 Å². The first kappa shape index (κ1) is 15.2. The first-order valence-corrected chi connectivity index (χ1v) is 6.93. The number of amides is 2. The Morgan fingerprint density at radius 1 is 1.24 bits per heavy atom. The molecular weight excluding hydrogens is 270 g/mol. The zero-order valence-corrected chi connectivity index (χ0v) is 12.5. The fourth-order valence-corrected chi connectivity index (χ4v) is 2.23. The lowest BCUT2D eigenvalue weighted by atomic mass is 9.96. The Balaban J connectivity index is 1.99. The van der Waals surface area contributed by atoms with Gasteiger partial charge in [-0.15, -0.1) is 0 Å². The van der Waals surface area contributed by atoms with Crippen LogP contribution in [0, 0.1) is 5.92 Å². The van der Waals surface area contributed by atoms with Crippen LogP contribution in [0.3, 0.4) is 0 Å². The number of carboxylic acids is 1. The van der Waals surface area contributed by atoms with E-state index < -0.39 is 17.5 Å². The monoisotopic (exact) mass is 291 g/mol. The summed E-state index contributed by atoms with van der Waals surface area (Å²) in [7, 11) is 3.87. The van der Waals surface area contributed by atoms with E-state index in [-0.39, 0.29) is 5.92 Å². The normalized spacial score (nSPS) is 16.7. The number of hydrogen-bond donors (Lipinski definition) is 3. The van der Waals surface area contributed by atoms with Crippen LogP contribution in [0.2, 0.25) is 0 Å². The maximum absolute atomic E-state index is 12.0. The molecule has 1 aliphatic carbocycles. The number of benzene rings is 1. The highest BCUT2D eigenvalue weighted by Crippen LogP contribution is 2.39. The van der Waals surface area contributed by atoms with Crippen LogP contribution in [0.15, 0.2) is 24.3 Å². The molecule has 1 aromatic carbocycles. The number of carboxylic acid groups (broad SMARTS) is 1. The molecule has 1 atom stereocenters. The molecule has 0 aliphatic heterocycles. The third-order valence-electron chi connectivity index (χ3n) is 3.85. The molecule has 2 rings (SSSR count). The van der Waals surface area contributed by atoms with Crippen molar-refractivity contribution in [2.45, 2.75) is 25.3 Å². The van der Waals surface area contributed by atoms with Gasteiger partial charge in [0, 0.05) is 25.5 Å². The first-order chi connectivity index (χ1) is 9.83. The van der Waals surface area contributed by atoms with Gasteiger partial charge in [-0.25, -0.2) is 9.59 Å². The molecule has 3 N–H and O–H groups in total. The highest BCUT2D eigenvalue weighted by atomic mass is 16.4. The summed E-state index contributed by atoms with van der Waals surface area (Å²) in [6, 6.07) is 6.83. The van der Waals surface area contributed by atoms with E-state index in [2.05, 4.69) is 10.6 Å². The second kappa shape index (κ2) is 5.63. The molecule has 114 valence electrons. The average Bonchev–Trinajstić information content (AvgIpc) is 3.23. The molecule has 1 aliphatic rings. The van der Waals surface area contributed by atoms with Gasteiger partial charge < -0.3 is 20.6 Å². The quantitative estimate of drug-likeness (QED) is 0.776. The van der Waals surface area contributed by atoms with E-state index in [0.29, 0.717) is 5.69 Å². The van der Waals surface area contributed by atoms with Crippen molar-refractivity contribution < 1.29 is 14.7 Å². The minimum atomic E-state index is -1.20. The largest absolute Gasteiger partial charge is 0.480 e. The van der Waals surface area contributed by atoms with E-state index in [1.165, 1.54) is 0 Å². The average molecular weight is 291 g/mol. The van der Waals surface area contributed by atoms with Crippen molar-refractivity contribution in [1.82, 2.24) is 5.32 Å². The Bertz CT molecular complexity index is 538. The molecule has 6 nitrogen and oxygen atoms in total. The Labute approximate surface area is 124 Å². The van der Waals surface area contributed by atoms with Gasteiger partial charge in [-0.1, -0.05) is 0 Å². The van der Waals surface area contributed by atoms with Gasteiger partial charge in [0.05, 0.1) is 0 Å². The van der Waals surface area contributed by atoms with E-state index in [1.54, 1.807) is 19.1 Å². The Hall–Kier alpha value is -2.24. The van der Waals surface area contributed by atoms with Crippen LogP contribution < -0.4 is 15.5 Å². The number of carbonyl (C=O) groups excluding carboxylic acids is 1. The molecule has 0 saturated heterocycles. The summed E-state index contributed by atoms with van der Waals surface area (Å²) in [5.74, 6) is -0.986. The molecule has 21 heavy (non-hydrogen) atoms. The van der Waals surface area contributed by atoms with Gasteiger partial charge in [0.2, 0.25) is 0 Å². The number of anilines is 2. The number of nitrogens with one attached hydrogen (secondary N) is 2. The summed E-state index contributed by atoms with van der Waals surface area (Å²) < 4.78 is 0. The van der Waals surface area contributed by atoms with Crippen LogP contribution in [-0.2, 0) is 4.79 Å². The van der Waals surface area contributed by atoms with Gasteiger partial charge in [0.1, 0.15) is 5.54 Å². The summed E-state index contributed by atoms with van der Waals surface area (Å²) in [6.07, 6.45) is 1.67. The molecule has 2 amide bonds. The van der Waals surface area contributed by atoms with Crippen molar-refractivity contribution in [3.8, 4) is 0 Å². The van der Waals surface area contributed by atoms with Crippen LogP contribution in [0.4, 0.5) is 16.2 Å². The lowest BCUT2D eigenvalue weighted by molar-refractivity contribution is -0.144. The lowest BCUT2D eigenvalue weighted by Crippen LogP contribution is -2.55. The predicted molar refractivity (Wildman–Crippen MR) is 81.7 cm³/mol. The highest BCUT2D eigenvalue weighted by Gasteiger charge is 2.48. The van der Waals surface area contributed by atoms with Crippen molar-refractivity contribution in [3.05, 3.63) is 24.3 Å². The third-order valence-corrected chi connectivity index (χ3v) is 3.85. The maximum Gasteiger partial charge on any atom is 0.329 e. The van der Waals surface area contributed by atoms with Gasteiger partial charge in [0.25, 0.3) is 0 Å². The Morgan fingerprint density at radius 2 is 1.81 bits per heavy atom. The highest BCUT2D eigenvalue weighted by molar-refractivity contribution is 5.94. The number of urea groups is 1. The number of rotatable bonds is 5. The van der Waals surface area contributed by atoms with Crippen LogP contribution >= 0.6 is 0 Å². The van der Waals surface area contributed by atoms with Crippen LogP contribution in [0.5, 0.6) is 0 Å². The molecule has 1 unspecified atom stereocenters. The summed E-state index contributed by atoms with van der Waals surface area (Å²) in [5, 5.41) is 14.6. The summed E-state index contributed by atoms with van der Waals surface area (Å²) in [5.41, 5.74) is 0.448. The number of hydrogen-bond acceptors (Lipinski definition) is 3. The molecular formula is C15H21N3O3. The second-order valence-electron chi connectivity index (χ2n) is 5.80. The Morgan fingerprint density at radius 3 is 2.24 bits per heavy atom. The van der Waals surface area contributed by atoms with Gasteiger partial charge in [0.15, 0.2) is 0 Å². The molecule has 6 heteroatoms. The minimum Gasteiger partial charge on any atom is -0.480 e. The number of aliphatic carboxylic acids is 1. The SMILES string of the molecule is CN(C)c1ccc(NC(=O)NC(C)(C(=O)O)C2CC2)cc1. The predicted octanol–water partition coefficient (Wildman–Crippen LogP) is 2.13. The van der Waals surface area contributed by atoms with Crippen molar-refractivity contribution in [2.75, 3.05) is 24.3 Å². The molecule has 1 fully saturated rings. The van der Waals surface area contributed by atoms with Crippen LogP contribution in [0.25, 0.3) is 0 Å². The van der Waals surface area contributed by atoms with Crippen molar-refractivity contribution in [2.24, 2.45) is 5.92 Å². The van der Waals surface area contributed by atoms with Gasteiger partial charge in [-0.2, -0.15) is 0 Å². The van der Waals surface area contributed by atoms with E-state index in [1.807, 2.05) is 31.1 Å². The smallest absolute Gasteiger partial charge is 0.329 e. The molecule has 0 radical (unpaired) electrons. The Kier molecular flexibility index (Phi) is 4.06. The minimum absolute atomic E-state index is 0.0110. The molecule has 0 spiro atoms. The van der Waals surface area contributed by atoms with Crippen molar-refractivity contribution in [1.29, 1.82) is 0 Å². The topological polar surface area (TPSA) is 81.7 Å².